The van der Waals surface area contributed by atoms with Crippen LogP contribution in [-0.4, -0.2) is 38.0 Å². The maximum atomic E-state index is 12.2. The molecule has 4 heteroatoms. The highest BCUT2D eigenvalue weighted by molar-refractivity contribution is 6.00. The van der Waals surface area contributed by atoms with Gasteiger partial charge in [-0.25, -0.2) is 0 Å². The minimum atomic E-state index is 0.0135. The van der Waals surface area contributed by atoms with Crippen LogP contribution in [-0.2, 0) is 0 Å². The van der Waals surface area contributed by atoms with Gasteiger partial charge in [0, 0.05) is 32.9 Å². The van der Waals surface area contributed by atoms with Gasteiger partial charge in [-0.15, -0.1) is 0 Å². The molecule has 0 aliphatic carbocycles. The summed E-state index contributed by atoms with van der Waals surface area (Å²) in [5.74, 6) is 0.0135. The van der Waals surface area contributed by atoms with E-state index in [9.17, 15) is 4.79 Å². The van der Waals surface area contributed by atoms with Crippen molar-refractivity contribution in [3.8, 4) is 0 Å². The van der Waals surface area contributed by atoms with E-state index in [0.717, 1.165) is 25.2 Å². The van der Waals surface area contributed by atoms with Gasteiger partial charge in [-0.3, -0.25) is 4.79 Å². The van der Waals surface area contributed by atoms with Crippen LogP contribution in [0.1, 0.15) is 30.6 Å². The molecule has 0 aliphatic heterocycles. The molecule has 4 nitrogen and oxygen atoms in total. The van der Waals surface area contributed by atoms with Crippen LogP contribution < -0.4 is 10.6 Å². The highest BCUT2D eigenvalue weighted by atomic mass is 16.2. The monoisotopic (exact) mass is 249 g/mol. The van der Waals surface area contributed by atoms with Crippen LogP contribution in [0.4, 0.5) is 11.4 Å². The van der Waals surface area contributed by atoms with Crippen molar-refractivity contribution in [2.24, 2.45) is 0 Å². The van der Waals surface area contributed by atoms with E-state index in [2.05, 4.69) is 18.7 Å². The van der Waals surface area contributed by atoms with Crippen LogP contribution in [0.3, 0.4) is 0 Å². The normalized spacial score (nSPS) is 10.2. The molecule has 18 heavy (non-hydrogen) atoms. The average Bonchev–Trinajstić information content (AvgIpc) is 2.35. The summed E-state index contributed by atoms with van der Waals surface area (Å²) in [4.78, 5) is 15.9. The molecule has 0 aliphatic rings. The molecular formula is C14H23N3O. The number of hydrogen-bond donors (Lipinski definition) is 1. The first kappa shape index (κ1) is 14.4. The summed E-state index contributed by atoms with van der Waals surface area (Å²) < 4.78 is 0. The second-order valence-electron chi connectivity index (χ2n) is 4.56. The molecule has 0 unspecified atom stereocenters. The number of amides is 1. The molecule has 1 amide bonds. The summed E-state index contributed by atoms with van der Waals surface area (Å²) in [6, 6.07) is 5.47. The minimum absolute atomic E-state index is 0.0135. The van der Waals surface area contributed by atoms with Gasteiger partial charge in [0.05, 0.1) is 11.3 Å². The first-order chi connectivity index (χ1) is 8.51. The Bertz CT molecular complexity index is 416. The van der Waals surface area contributed by atoms with E-state index >= 15 is 0 Å². The molecule has 0 saturated carbocycles. The summed E-state index contributed by atoms with van der Waals surface area (Å²) in [6.45, 7) is 6.00. The van der Waals surface area contributed by atoms with Gasteiger partial charge in [0.2, 0.25) is 0 Å². The first-order valence-corrected chi connectivity index (χ1v) is 6.37. The topological polar surface area (TPSA) is 49.6 Å². The number of carbonyl (C=O) groups is 1. The second-order valence-corrected chi connectivity index (χ2v) is 4.56. The predicted molar refractivity (Wildman–Crippen MR) is 77.0 cm³/mol. The highest BCUT2D eigenvalue weighted by Gasteiger charge is 2.17. The Morgan fingerprint density at radius 1 is 1.28 bits per heavy atom. The number of nitrogen functional groups attached to an aromatic ring is 1. The highest BCUT2D eigenvalue weighted by Crippen LogP contribution is 2.24. The number of carbonyl (C=O) groups excluding carboxylic acids is 1. The molecule has 0 atom stereocenters. The van der Waals surface area contributed by atoms with Crippen molar-refractivity contribution in [3.63, 3.8) is 0 Å². The van der Waals surface area contributed by atoms with Crippen molar-refractivity contribution in [1.29, 1.82) is 0 Å². The van der Waals surface area contributed by atoms with E-state index in [1.54, 1.807) is 25.1 Å². The standard InChI is InChI=1S/C14H23N3O/c1-5-9-17(6-2)13-10-11(15)7-8-12(13)14(18)16(3)4/h7-8,10H,5-6,9,15H2,1-4H3. The number of anilines is 2. The lowest BCUT2D eigenvalue weighted by atomic mass is 10.1. The van der Waals surface area contributed by atoms with Crippen LogP contribution in [0.15, 0.2) is 18.2 Å². The molecule has 0 heterocycles. The lowest BCUT2D eigenvalue weighted by molar-refractivity contribution is 0.0828. The van der Waals surface area contributed by atoms with E-state index in [4.69, 9.17) is 5.73 Å². The SMILES string of the molecule is CCCN(CC)c1cc(N)ccc1C(=O)N(C)C. The smallest absolute Gasteiger partial charge is 0.255 e. The van der Waals surface area contributed by atoms with E-state index in [1.807, 2.05) is 12.1 Å². The quantitative estimate of drug-likeness (QED) is 0.814. The fourth-order valence-electron chi connectivity index (χ4n) is 1.95. The average molecular weight is 249 g/mol. The fraction of sp³-hybridized carbons (Fsp3) is 0.500. The summed E-state index contributed by atoms with van der Waals surface area (Å²) in [5, 5.41) is 0. The number of benzene rings is 1. The third-order valence-electron chi connectivity index (χ3n) is 2.87. The number of rotatable bonds is 5. The predicted octanol–water partition coefficient (Wildman–Crippen LogP) is 2.21. The third kappa shape index (κ3) is 3.15. The number of hydrogen-bond acceptors (Lipinski definition) is 3. The molecule has 1 rings (SSSR count). The Labute approximate surface area is 109 Å². The van der Waals surface area contributed by atoms with Crippen molar-refractivity contribution < 1.29 is 4.79 Å². The zero-order valence-corrected chi connectivity index (χ0v) is 11.7. The summed E-state index contributed by atoms with van der Waals surface area (Å²) in [5.41, 5.74) is 8.17. The Balaban J connectivity index is 3.21. The Morgan fingerprint density at radius 3 is 2.44 bits per heavy atom. The van der Waals surface area contributed by atoms with Crippen LogP contribution in [0.5, 0.6) is 0 Å². The van der Waals surface area contributed by atoms with Gasteiger partial charge in [0.15, 0.2) is 0 Å². The molecule has 0 saturated heterocycles. The fourth-order valence-corrected chi connectivity index (χ4v) is 1.95. The molecule has 100 valence electrons. The largest absolute Gasteiger partial charge is 0.399 e. The van der Waals surface area contributed by atoms with Gasteiger partial charge < -0.3 is 15.5 Å². The van der Waals surface area contributed by atoms with Crippen LogP contribution in [0.25, 0.3) is 0 Å². The van der Waals surface area contributed by atoms with Crippen molar-refractivity contribution in [2.75, 3.05) is 37.8 Å². The van der Waals surface area contributed by atoms with Crippen LogP contribution >= 0.6 is 0 Å². The minimum Gasteiger partial charge on any atom is -0.399 e. The van der Waals surface area contributed by atoms with Gasteiger partial charge in [0.25, 0.3) is 5.91 Å². The zero-order chi connectivity index (χ0) is 13.7. The Hall–Kier alpha value is -1.71. The van der Waals surface area contributed by atoms with Gasteiger partial charge >= 0.3 is 0 Å². The molecule has 0 fully saturated rings. The number of nitrogens with zero attached hydrogens (tertiary/aromatic N) is 2. The van der Waals surface area contributed by atoms with Crippen molar-refractivity contribution >= 4 is 17.3 Å². The van der Waals surface area contributed by atoms with Crippen LogP contribution in [0, 0.1) is 0 Å². The van der Waals surface area contributed by atoms with Crippen molar-refractivity contribution in [2.45, 2.75) is 20.3 Å². The Morgan fingerprint density at radius 2 is 1.94 bits per heavy atom. The summed E-state index contributed by atoms with van der Waals surface area (Å²) >= 11 is 0. The van der Waals surface area contributed by atoms with Crippen LogP contribution in [0.2, 0.25) is 0 Å². The van der Waals surface area contributed by atoms with Gasteiger partial charge in [-0.1, -0.05) is 6.92 Å². The maximum Gasteiger partial charge on any atom is 0.255 e. The summed E-state index contributed by atoms with van der Waals surface area (Å²) in [7, 11) is 3.52. The third-order valence-corrected chi connectivity index (χ3v) is 2.87. The van der Waals surface area contributed by atoms with E-state index < -0.39 is 0 Å². The molecule has 0 bridgehead atoms. The molecule has 2 N–H and O–H groups in total. The summed E-state index contributed by atoms with van der Waals surface area (Å²) in [6.07, 6.45) is 1.04. The lowest BCUT2D eigenvalue weighted by Crippen LogP contribution is -2.29. The van der Waals surface area contributed by atoms with Gasteiger partial charge in [-0.05, 0) is 31.5 Å². The van der Waals surface area contributed by atoms with E-state index in [-0.39, 0.29) is 5.91 Å². The van der Waals surface area contributed by atoms with E-state index in [0.29, 0.717) is 11.3 Å². The lowest BCUT2D eigenvalue weighted by Gasteiger charge is -2.26. The zero-order valence-electron chi connectivity index (χ0n) is 11.7. The Kier molecular flexibility index (Phi) is 5.01. The van der Waals surface area contributed by atoms with Gasteiger partial charge in [-0.2, -0.15) is 0 Å². The second kappa shape index (κ2) is 6.28. The maximum absolute atomic E-state index is 12.2. The molecule has 0 spiro atoms. The van der Waals surface area contributed by atoms with Crippen molar-refractivity contribution in [3.05, 3.63) is 23.8 Å². The molecule has 1 aromatic rings. The molecular weight excluding hydrogens is 226 g/mol. The number of nitrogens with two attached hydrogens (primary N) is 1. The van der Waals surface area contributed by atoms with Crippen molar-refractivity contribution in [1.82, 2.24) is 4.90 Å². The van der Waals surface area contributed by atoms with Gasteiger partial charge in [0.1, 0.15) is 0 Å². The first-order valence-electron chi connectivity index (χ1n) is 6.37. The molecule has 0 aromatic heterocycles. The molecule has 0 radical (unpaired) electrons. The van der Waals surface area contributed by atoms with E-state index in [1.165, 1.54) is 0 Å². The molecule has 1 aromatic carbocycles.